The second-order valence-electron chi connectivity index (χ2n) is 33.3. The minimum absolute atomic E-state index is 0.106. The molecule has 0 amide bonds. The third kappa shape index (κ3) is 10.7. The van der Waals surface area contributed by atoms with Gasteiger partial charge in [-0.3, -0.25) is 0 Å². The summed E-state index contributed by atoms with van der Waals surface area (Å²) in [4.78, 5) is 4.76. The van der Waals surface area contributed by atoms with Crippen LogP contribution in [-0.2, 0) is 21.7 Å². The van der Waals surface area contributed by atoms with Gasteiger partial charge in [0, 0.05) is 39.5 Å². The predicted molar refractivity (Wildman–Crippen MR) is 502 cm³/mol. The Morgan fingerprint density at radius 1 is 0.150 bits per heavy atom. The van der Waals surface area contributed by atoms with E-state index in [1.807, 2.05) is 0 Å². The summed E-state index contributed by atoms with van der Waals surface area (Å²) in [5.41, 5.74) is 34.1. The van der Waals surface area contributed by atoms with Gasteiger partial charge in [0.1, 0.15) is 0 Å². The molecule has 0 aliphatic heterocycles. The van der Waals surface area contributed by atoms with Gasteiger partial charge in [0.05, 0.1) is 16.2 Å². The number of hydrogen-bond acceptors (Lipinski definition) is 2. The molecule has 20 aromatic rings. The predicted octanol–water partition coefficient (Wildman–Crippen LogP) is 30.3. The summed E-state index contributed by atoms with van der Waals surface area (Å²) in [6.45, 7) is 4.76. The summed E-state index contributed by atoms with van der Waals surface area (Å²) in [5.74, 6) is 0. The Bertz CT molecular complexity index is 7160. The minimum atomic E-state index is -0.520. The molecule has 0 saturated carbocycles. The fraction of sp³-hybridized carbons (Fsp3) is 0.0508. The van der Waals surface area contributed by atoms with E-state index >= 15 is 0 Å². The molecule has 2 heteroatoms. The highest BCUT2D eigenvalue weighted by molar-refractivity contribution is 5.98. The van der Waals surface area contributed by atoms with Gasteiger partial charge in [-0.15, -0.1) is 0 Å². The zero-order chi connectivity index (χ0) is 79.7. The Balaban J connectivity index is 0.000000142. The largest absolute Gasteiger partial charge is 0.310 e. The quantitative estimate of drug-likeness (QED) is 0.135. The molecule has 2 nitrogen and oxygen atoms in total. The summed E-state index contributed by atoms with van der Waals surface area (Å²) in [6.07, 6.45) is 0. The third-order valence-electron chi connectivity index (χ3n) is 26.9. The normalized spacial score (nSPS) is 14.0. The third-order valence-corrected chi connectivity index (χ3v) is 26.9. The van der Waals surface area contributed by atoms with E-state index in [1.165, 1.54) is 165 Å². The number of fused-ring (bicyclic) bond motifs is 22. The van der Waals surface area contributed by atoms with E-state index in [-0.39, 0.29) is 10.8 Å². The van der Waals surface area contributed by atoms with Crippen molar-refractivity contribution in [3.05, 3.63) is 539 Å². The average molecular weight is 1530 g/mol. The van der Waals surface area contributed by atoms with Gasteiger partial charge in [-0.2, -0.15) is 0 Å². The molecule has 0 N–H and O–H groups in total. The van der Waals surface area contributed by atoms with E-state index in [0.29, 0.717) is 0 Å². The van der Waals surface area contributed by atoms with E-state index in [2.05, 4.69) is 485 Å². The zero-order valence-electron chi connectivity index (χ0n) is 66.8. The van der Waals surface area contributed by atoms with Crippen molar-refractivity contribution in [2.45, 2.75) is 35.5 Å². The molecule has 20 aromatic carbocycles. The lowest BCUT2D eigenvalue weighted by molar-refractivity contribution is 0.563. The van der Waals surface area contributed by atoms with E-state index in [4.69, 9.17) is 0 Å². The monoisotopic (exact) mass is 1530 g/mol. The van der Waals surface area contributed by atoms with Crippen molar-refractivity contribution in [1.29, 1.82) is 0 Å². The van der Waals surface area contributed by atoms with Crippen LogP contribution in [0.2, 0.25) is 0 Å². The summed E-state index contributed by atoms with van der Waals surface area (Å²) < 4.78 is 0. The summed E-state index contributed by atoms with van der Waals surface area (Å²) in [7, 11) is 0. The number of anilines is 6. The molecule has 2 spiro atoms. The molecule has 0 heterocycles. The first-order valence-corrected chi connectivity index (χ1v) is 42.0. The maximum Gasteiger partial charge on any atom is 0.0720 e. The molecule has 0 unspecified atom stereocenters. The van der Waals surface area contributed by atoms with Gasteiger partial charge < -0.3 is 9.80 Å². The van der Waals surface area contributed by atoms with E-state index in [1.54, 1.807) is 0 Å². The lowest BCUT2D eigenvalue weighted by Gasteiger charge is -2.50. The highest BCUT2D eigenvalue weighted by Crippen LogP contribution is 2.66. The second-order valence-corrected chi connectivity index (χ2v) is 33.3. The van der Waals surface area contributed by atoms with Crippen molar-refractivity contribution in [1.82, 2.24) is 0 Å². The molecule has 0 fully saturated rings. The van der Waals surface area contributed by atoms with Crippen LogP contribution in [0.25, 0.3) is 87.6 Å². The lowest BCUT2D eigenvalue weighted by atomic mass is 9.51. The highest BCUT2D eigenvalue weighted by atomic mass is 15.1. The van der Waals surface area contributed by atoms with Crippen LogP contribution < -0.4 is 9.80 Å². The van der Waals surface area contributed by atoms with Crippen molar-refractivity contribution in [3.8, 4) is 44.5 Å². The van der Waals surface area contributed by atoms with Gasteiger partial charge in [0.25, 0.3) is 0 Å². The first-order valence-electron chi connectivity index (χ1n) is 42.0. The summed E-state index contributed by atoms with van der Waals surface area (Å²) >= 11 is 0. The molecular formula is C118H82N2. The van der Waals surface area contributed by atoms with E-state index < -0.39 is 10.8 Å². The fourth-order valence-electron chi connectivity index (χ4n) is 21.6. The number of rotatable bonds is 10. The molecular weight excluding hydrogens is 1450 g/mol. The Labute approximate surface area is 701 Å². The van der Waals surface area contributed by atoms with Crippen LogP contribution in [0.3, 0.4) is 0 Å². The van der Waals surface area contributed by atoms with Crippen LogP contribution in [-0.4, -0.2) is 0 Å². The molecule has 0 radical (unpaired) electrons. The van der Waals surface area contributed by atoms with Gasteiger partial charge in [-0.05, 0) is 250 Å². The van der Waals surface area contributed by atoms with Crippen molar-refractivity contribution in [3.63, 3.8) is 0 Å². The van der Waals surface area contributed by atoms with Crippen molar-refractivity contribution in [2.75, 3.05) is 9.80 Å². The van der Waals surface area contributed by atoms with Crippen molar-refractivity contribution >= 4 is 77.2 Å². The summed E-state index contributed by atoms with van der Waals surface area (Å²) in [6, 6.07) is 172. The van der Waals surface area contributed by atoms with E-state index in [0.717, 1.165) is 34.1 Å². The molecule has 0 bridgehead atoms. The molecule has 4 aliphatic rings. The molecule has 120 heavy (non-hydrogen) atoms. The molecule has 0 aromatic heterocycles. The zero-order valence-corrected chi connectivity index (χ0v) is 66.8. The Morgan fingerprint density at radius 3 is 0.708 bits per heavy atom. The first kappa shape index (κ1) is 70.4. The van der Waals surface area contributed by atoms with Gasteiger partial charge >= 0.3 is 0 Å². The van der Waals surface area contributed by atoms with Crippen LogP contribution in [0.15, 0.2) is 461 Å². The molecule has 564 valence electrons. The average Bonchev–Trinajstić information content (AvgIpc) is 1.40. The fourth-order valence-corrected chi connectivity index (χ4v) is 21.6. The maximum atomic E-state index is 2.45. The SMILES string of the molecule is CC1(C)c2ccccc2C2(c3ccccc3-c3cc(-c4ccc(N(c5ccc6ccccc6c5)c5ccc6ccccc6c5)cc4)ccc32)c2ccccc21.c1ccc(C2(c3ccccc3)c3ccccc3C3(c4ccccc4-c4cc(-c5ccc(N(c6ccc7ccccc7c6)c6ccc7ccccc7c6)cc5)ccc43)c3ccccc32)cc1. The molecule has 0 saturated heterocycles. The van der Waals surface area contributed by atoms with Crippen molar-refractivity contribution < 1.29 is 0 Å². The van der Waals surface area contributed by atoms with Crippen LogP contribution in [0, 0.1) is 0 Å². The van der Waals surface area contributed by atoms with Crippen LogP contribution in [0.5, 0.6) is 0 Å². The Hall–Kier alpha value is -15.0. The van der Waals surface area contributed by atoms with Gasteiger partial charge in [0.2, 0.25) is 0 Å². The van der Waals surface area contributed by atoms with Crippen molar-refractivity contribution in [2.24, 2.45) is 0 Å². The first-order chi connectivity index (χ1) is 59.2. The maximum absolute atomic E-state index is 2.45. The Kier molecular flexibility index (Phi) is 16.4. The second kappa shape index (κ2) is 27.9. The summed E-state index contributed by atoms with van der Waals surface area (Å²) in [5, 5.41) is 9.84. The number of nitrogens with zero attached hydrogens (tertiary/aromatic N) is 2. The standard InChI is InChI=1S/C64H43N.C54H39N/c1-3-21-50(22-4-1)63(51-23-5-2-6-24-51)59-27-13-15-29-61(59)64(62-30-16-14-28-60(62)63)57-26-12-11-25-55(57)56-43-49(35-40-58(56)64)46-31-36-52(37-32-46)65(53-38-33-44-17-7-9-19-47(44)41-53)54-39-34-45-18-8-10-20-48(45)42-54;1-53(2)49-19-9-11-21-51(49)54(52-22-12-10-20-50(52)53)47-18-8-7-17-45(47)46-35-41(27-32-48(46)54)38-23-28-42(29-24-38)55(43-30-25-36-13-3-5-15-39(36)33-43)44-31-26-37-14-4-6-16-40(37)34-44/h1-43H;3-35H,1-2H3. The van der Waals surface area contributed by atoms with Crippen LogP contribution in [0.1, 0.15) is 91.7 Å². The molecule has 24 rings (SSSR count). The van der Waals surface area contributed by atoms with E-state index in [9.17, 15) is 0 Å². The lowest BCUT2D eigenvalue weighted by Crippen LogP contribution is -2.44. The topological polar surface area (TPSA) is 6.48 Å². The molecule has 0 atom stereocenters. The van der Waals surface area contributed by atoms with Crippen LogP contribution in [0.4, 0.5) is 34.1 Å². The minimum Gasteiger partial charge on any atom is -0.310 e. The Morgan fingerprint density at radius 2 is 0.383 bits per heavy atom. The van der Waals surface area contributed by atoms with Gasteiger partial charge in [0.15, 0.2) is 0 Å². The van der Waals surface area contributed by atoms with Gasteiger partial charge in [-0.25, -0.2) is 0 Å². The molecule has 4 aliphatic carbocycles. The van der Waals surface area contributed by atoms with Gasteiger partial charge in [-0.1, -0.05) is 390 Å². The van der Waals surface area contributed by atoms with Crippen LogP contribution >= 0.6 is 0 Å². The number of benzene rings is 20. The highest BCUT2D eigenvalue weighted by Gasteiger charge is 2.57. The number of hydrogen-bond donors (Lipinski definition) is 0. The smallest absolute Gasteiger partial charge is 0.0720 e.